The standard InChI is InChI=1S/C39H51ClF2N6/c1-6-10-12-13-15-19-29(41)20-18-22-34-45-37-32-27-44-38(36(37)42)35-30(33(40)25-28(5)31(35)26-43-8-3)21-16-14-17-23-47(9-4)48(24-11-7-2)39(32)46-34/h9,17-18,22-23,25-27,29H,4,6-8,10-16,19-21,24H2,1-3,5H3/b22-18-,23-17-,43-26?. The van der Waals surface area contributed by atoms with Crippen molar-refractivity contribution in [1.82, 2.24) is 20.0 Å². The van der Waals surface area contributed by atoms with Gasteiger partial charge in [0.1, 0.15) is 17.4 Å². The third-order valence-electron chi connectivity index (χ3n) is 8.72. The molecule has 9 heteroatoms. The molecular weight excluding hydrogens is 626 g/mol. The fraction of sp³-hybridized carbons (Fsp3) is 0.487. The van der Waals surface area contributed by atoms with E-state index in [2.05, 4.69) is 31.5 Å². The summed E-state index contributed by atoms with van der Waals surface area (Å²) in [7, 11) is 0. The molecule has 2 aromatic heterocycles. The number of unbranched alkanes of at least 4 members (excludes halogenated alkanes) is 5. The van der Waals surface area contributed by atoms with E-state index in [0.29, 0.717) is 53.5 Å². The molecule has 2 aliphatic heterocycles. The molecule has 258 valence electrons. The molecular formula is C39H51ClF2N6. The quantitative estimate of drug-likeness (QED) is 0.118. The van der Waals surface area contributed by atoms with E-state index in [1.807, 2.05) is 36.1 Å². The summed E-state index contributed by atoms with van der Waals surface area (Å²) in [5.41, 5.74) is 3.49. The molecule has 0 fully saturated rings. The minimum absolute atomic E-state index is 0.144. The van der Waals surface area contributed by atoms with Crippen LogP contribution in [-0.2, 0) is 6.42 Å². The maximum atomic E-state index is 17.1. The molecule has 4 heterocycles. The topological polar surface area (TPSA) is 57.5 Å². The maximum absolute atomic E-state index is 17.1. The first-order chi connectivity index (χ1) is 23.3. The maximum Gasteiger partial charge on any atom is 0.175 e. The second kappa shape index (κ2) is 18.8. The average molecular weight is 677 g/mol. The van der Waals surface area contributed by atoms with Crippen LogP contribution in [0.1, 0.15) is 114 Å². The van der Waals surface area contributed by atoms with Gasteiger partial charge in [0, 0.05) is 54.1 Å². The molecule has 1 unspecified atom stereocenters. The zero-order valence-electron chi connectivity index (χ0n) is 29.1. The second-order valence-corrected chi connectivity index (χ2v) is 12.8. The largest absolute Gasteiger partial charge is 0.293 e. The highest BCUT2D eigenvalue weighted by Gasteiger charge is 2.26. The summed E-state index contributed by atoms with van der Waals surface area (Å²) in [6, 6.07) is 1.92. The zero-order valence-corrected chi connectivity index (χ0v) is 29.9. The van der Waals surface area contributed by atoms with Gasteiger partial charge >= 0.3 is 0 Å². The van der Waals surface area contributed by atoms with Crippen molar-refractivity contribution >= 4 is 40.6 Å². The van der Waals surface area contributed by atoms with Crippen LogP contribution in [0.15, 0.2) is 48.4 Å². The van der Waals surface area contributed by atoms with E-state index in [1.54, 1.807) is 30.8 Å². The summed E-state index contributed by atoms with van der Waals surface area (Å²) in [6.07, 6.45) is 22.0. The van der Waals surface area contributed by atoms with Gasteiger partial charge < -0.3 is 0 Å². The van der Waals surface area contributed by atoms with Crippen LogP contribution in [0.3, 0.4) is 0 Å². The zero-order chi connectivity index (χ0) is 34.5. The lowest BCUT2D eigenvalue weighted by Gasteiger charge is -2.33. The fourth-order valence-corrected chi connectivity index (χ4v) is 6.42. The predicted octanol–water partition coefficient (Wildman–Crippen LogP) is 11.2. The summed E-state index contributed by atoms with van der Waals surface area (Å²) in [4.78, 5) is 18.9. The number of benzene rings is 1. The van der Waals surface area contributed by atoms with Gasteiger partial charge in [-0.2, -0.15) is 0 Å². The van der Waals surface area contributed by atoms with Crippen molar-refractivity contribution in [2.45, 2.75) is 111 Å². The molecule has 3 aromatic rings. The van der Waals surface area contributed by atoms with E-state index in [9.17, 15) is 4.39 Å². The Morgan fingerprint density at radius 1 is 1.10 bits per heavy atom. The van der Waals surface area contributed by atoms with Gasteiger partial charge in [0.25, 0.3) is 0 Å². The first-order valence-corrected chi connectivity index (χ1v) is 18.1. The number of alkyl halides is 1. The number of fused-ring (bicyclic) bond motifs is 6. The summed E-state index contributed by atoms with van der Waals surface area (Å²) >= 11 is 6.88. The van der Waals surface area contributed by atoms with Gasteiger partial charge in [-0.25, -0.2) is 18.7 Å². The van der Waals surface area contributed by atoms with Crippen molar-refractivity contribution in [3.63, 3.8) is 0 Å². The van der Waals surface area contributed by atoms with Crippen LogP contribution in [-0.4, -0.2) is 45.4 Å². The Labute approximate surface area is 290 Å². The predicted molar refractivity (Wildman–Crippen MR) is 199 cm³/mol. The Morgan fingerprint density at radius 2 is 1.90 bits per heavy atom. The molecule has 1 aromatic carbocycles. The molecule has 4 bridgehead atoms. The molecule has 0 saturated heterocycles. The molecule has 0 saturated carbocycles. The third-order valence-corrected chi connectivity index (χ3v) is 9.06. The van der Waals surface area contributed by atoms with Crippen LogP contribution < -0.4 is 5.01 Å². The van der Waals surface area contributed by atoms with Gasteiger partial charge in [0.15, 0.2) is 17.5 Å². The van der Waals surface area contributed by atoms with Gasteiger partial charge in [0.05, 0.1) is 5.39 Å². The van der Waals surface area contributed by atoms with Gasteiger partial charge in [-0.1, -0.05) is 82.7 Å². The van der Waals surface area contributed by atoms with Crippen molar-refractivity contribution < 1.29 is 8.78 Å². The van der Waals surface area contributed by atoms with E-state index in [0.717, 1.165) is 61.6 Å². The lowest BCUT2D eigenvalue weighted by molar-refractivity contribution is 0.307. The van der Waals surface area contributed by atoms with Gasteiger partial charge in [0.2, 0.25) is 0 Å². The number of aliphatic imine (C=N–C) groups is 1. The van der Waals surface area contributed by atoms with Gasteiger partial charge in [-0.05, 0) is 75.6 Å². The highest BCUT2D eigenvalue weighted by molar-refractivity contribution is 6.32. The van der Waals surface area contributed by atoms with Crippen LogP contribution in [0, 0.1) is 12.7 Å². The number of hydrogen-bond donors (Lipinski definition) is 0. The normalized spacial score (nSPS) is 15.1. The summed E-state index contributed by atoms with van der Waals surface area (Å²) in [5.74, 6) is 0.264. The van der Waals surface area contributed by atoms with E-state index in [-0.39, 0.29) is 17.6 Å². The molecule has 1 atom stereocenters. The van der Waals surface area contributed by atoms with E-state index >= 15 is 4.39 Å². The summed E-state index contributed by atoms with van der Waals surface area (Å²) in [5, 5.41) is 4.93. The monoisotopic (exact) mass is 676 g/mol. The van der Waals surface area contributed by atoms with Gasteiger partial charge in [-0.15, -0.1) is 0 Å². The number of rotatable bonds is 15. The molecule has 0 aliphatic carbocycles. The molecule has 5 rings (SSSR count). The van der Waals surface area contributed by atoms with Crippen molar-refractivity contribution in [2.24, 2.45) is 4.99 Å². The Kier molecular flexibility index (Phi) is 14.5. The molecule has 0 N–H and O–H groups in total. The van der Waals surface area contributed by atoms with Crippen LogP contribution in [0.4, 0.5) is 14.6 Å². The van der Waals surface area contributed by atoms with E-state index < -0.39 is 12.0 Å². The molecule has 0 amide bonds. The van der Waals surface area contributed by atoms with Crippen molar-refractivity contribution in [2.75, 3.05) is 18.1 Å². The summed E-state index contributed by atoms with van der Waals surface area (Å²) < 4.78 is 31.9. The number of aryl methyl sites for hydroxylation is 1. The van der Waals surface area contributed by atoms with E-state index in [1.165, 1.54) is 12.8 Å². The second-order valence-electron chi connectivity index (χ2n) is 12.4. The smallest absolute Gasteiger partial charge is 0.175 e. The molecule has 2 aliphatic rings. The first-order valence-electron chi connectivity index (χ1n) is 17.7. The highest BCUT2D eigenvalue weighted by atomic mass is 35.5. The number of aromatic nitrogens is 3. The Morgan fingerprint density at radius 3 is 2.65 bits per heavy atom. The minimum atomic E-state index is -0.948. The molecule has 0 spiro atoms. The average Bonchev–Trinajstić information content (AvgIpc) is 3.07. The number of hydrazine groups is 1. The number of nitrogens with zero attached hydrogens (tertiary/aromatic N) is 6. The first kappa shape index (κ1) is 37.2. The highest BCUT2D eigenvalue weighted by Crippen LogP contribution is 2.39. The van der Waals surface area contributed by atoms with Crippen LogP contribution in [0.25, 0.3) is 28.2 Å². The number of halogens is 3. The van der Waals surface area contributed by atoms with Crippen LogP contribution in [0.5, 0.6) is 0 Å². The minimum Gasteiger partial charge on any atom is -0.293 e. The van der Waals surface area contributed by atoms with Crippen LogP contribution in [0.2, 0.25) is 5.02 Å². The number of allylic oxidation sites excluding steroid dienone is 2. The lowest BCUT2D eigenvalue weighted by Crippen LogP contribution is -2.37. The Balaban J connectivity index is 1.91. The molecule has 0 radical (unpaired) electrons. The number of anilines is 1. The fourth-order valence-electron chi connectivity index (χ4n) is 6.07. The SMILES string of the molecule is C=CN1/C=C\CCCc2c(Cl)cc(C)c(C=NCC)c2-c2ncc3c(nc(/C=C\CC(F)CCCCCCC)nc3c2F)N1CCCC. The van der Waals surface area contributed by atoms with Crippen molar-refractivity contribution in [3.8, 4) is 11.3 Å². The number of pyridine rings is 1. The third kappa shape index (κ3) is 9.28. The molecule has 48 heavy (non-hydrogen) atoms. The Bertz CT molecular complexity index is 1620. The van der Waals surface area contributed by atoms with Crippen molar-refractivity contribution in [3.05, 3.63) is 76.7 Å². The lowest BCUT2D eigenvalue weighted by atomic mass is 9.91. The molecule has 6 nitrogen and oxygen atoms in total. The van der Waals surface area contributed by atoms with Crippen molar-refractivity contribution in [1.29, 1.82) is 0 Å². The van der Waals surface area contributed by atoms with Crippen LogP contribution >= 0.6 is 11.6 Å². The number of hydrogen-bond acceptors (Lipinski definition) is 6. The van der Waals surface area contributed by atoms with Gasteiger partial charge in [-0.3, -0.25) is 20.0 Å². The Hall–Kier alpha value is -3.65. The summed E-state index contributed by atoms with van der Waals surface area (Å²) in [6.45, 7) is 13.5. The van der Waals surface area contributed by atoms with E-state index in [4.69, 9.17) is 26.6 Å².